The monoisotopic (exact) mass is 419 g/mol. The minimum Gasteiger partial charge on any atom is -0.268 e. The molecule has 0 bridgehead atoms. The molecule has 1 aliphatic carbocycles. The lowest BCUT2D eigenvalue weighted by Crippen LogP contribution is -2.33. The molecule has 30 heavy (non-hydrogen) atoms. The van der Waals surface area contributed by atoms with Crippen LogP contribution < -0.4 is 5.56 Å². The van der Waals surface area contributed by atoms with Gasteiger partial charge in [-0.3, -0.25) is 14.9 Å². The molecule has 1 saturated carbocycles. The highest BCUT2D eigenvalue weighted by Gasteiger charge is 2.36. The number of benzene rings is 1. The number of rotatable bonds is 4. The largest absolute Gasteiger partial charge is 0.272 e. The molecule has 11 heteroatoms. The first-order valence-electron chi connectivity index (χ1n) is 9.20. The van der Waals surface area contributed by atoms with Crippen molar-refractivity contribution in [3.63, 3.8) is 0 Å². The second kappa shape index (κ2) is 7.39. The van der Waals surface area contributed by atoms with Gasteiger partial charge in [-0.1, -0.05) is 0 Å². The van der Waals surface area contributed by atoms with E-state index < -0.39 is 22.7 Å². The van der Waals surface area contributed by atoms with Gasteiger partial charge in [-0.2, -0.15) is 10.2 Å². The molecule has 2 heterocycles. The van der Waals surface area contributed by atoms with Gasteiger partial charge in [0, 0.05) is 36.7 Å². The van der Waals surface area contributed by atoms with Gasteiger partial charge in [0.15, 0.2) is 5.82 Å². The summed E-state index contributed by atoms with van der Waals surface area (Å²) >= 11 is 0. The van der Waals surface area contributed by atoms with E-state index >= 15 is 0 Å². The molecule has 1 fully saturated rings. The van der Waals surface area contributed by atoms with Crippen molar-refractivity contribution in [2.75, 3.05) is 0 Å². The van der Waals surface area contributed by atoms with Gasteiger partial charge in [-0.15, -0.1) is 0 Å². The van der Waals surface area contributed by atoms with E-state index in [0.717, 1.165) is 12.1 Å². The molecule has 2 aromatic heterocycles. The molecular weight excluding hydrogens is 403 g/mol. The summed E-state index contributed by atoms with van der Waals surface area (Å²) in [5, 5.41) is 19.1. The van der Waals surface area contributed by atoms with Crippen LogP contribution in [0.15, 0.2) is 47.5 Å². The van der Waals surface area contributed by atoms with Gasteiger partial charge in [0.1, 0.15) is 5.69 Å². The summed E-state index contributed by atoms with van der Waals surface area (Å²) in [4.78, 5) is 22.3. The third-order valence-electron chi connectivity index (χ3n) is 5.12. The Kier molecular flexibility index (Phi) is 4.88. The van der Waals surface area contributed by atoms with Crippen LogP contribution in [0.4, 0.5) is 18.9 Å². The number of nitro benzene ring substituents is 1. The number of alkyl halides is 2. The van der Waals surface area contributed by atoms with E-state index in [2.05, 4.69) is 10.2 Å². The zero-order chi connectivity index (χ0) is 21.5. The Morgan fingerprint density at radius 3 is 2.57 bits per heavy atom. The third kappa shape index (κ3) is 3.82. The Morgan fingerprint density at radius 1 is 1.17 bits per heavy atom. The van der Waals surface area contributed by atoms with E-state index in [1.807, 2.05) is 0 Å². The number of halogens is 3. The van der Waals surface area contributed by atoms with Crippen LogP contribution in [0.1, 0.15) is 31.7 Å². The van der Waals surface area contributed by atoms with Gasteiger partial charge in [-0.05, 0) is 25.0 Å². The zero-order valence-electron chi connectivity index (χ0n) is 15.5. The summed E-state index contributed by atoms with van der Waals surface area (Å²) in [7, 11) is 0. The lowest BCUT2D eigenvalue weighted by atomic mass is 9.92. The predicted octanol–water partition coefficient (Wildman–Crippen LogP) is 3.89. The van der Waals surface area contributed by atoms with Gasteiger partial charge >= 0.3 is 0 Å². The van der Waals surface area contributed by atoms with E-state index in [0.29, 0.717) is 11.3 Å². The minimum atomic E-state index is -2.71. The first kappa shape index (κ1) is 19.8. The number of nitro groups is 1. The maximum absolute atomic E-state index is 14.2. The van der Waals surface area contributed by atoms with Gasteiger partial charge < -0.3 is 0 Å². The second-order valence-corrected chi connectivity index (χ2v) is 7.15. The molecule has 156 valence electrons. The van der Waals surface area contributed by atoms with E-state index in [-0.39, 0.29) is 42.6 Å². The second-order valence-electron chi connectivity index (χ2n) is 7.15. The Morgan fingerprint density at radius 2 is 1.90 bits per heavy atom. The first-order chi connectivity index (χ1) is 14.2. The van der Waals surface area contributed by atoms with Crippen molar-refractivity contribution in [2.45, 2.75) is 37.6 Å². The highest BCUT2D eigenvalue weighted by Crippen LogP contribution is 2.37. The van der Waals surface area contributed by atoms with Crippen molar-refractivity contribution < 1.29 is 18.1 Å². The molecule has 1 aromatic carbocycles. The van der Waals surface area contributed by atoms with Crippen LogP contribution in [0.2, 0.25) is 0 Å². The fourth-order valence-corrected chi connectivity index (χ4v) is 3.49. The number of hydrogen-bond acceptors (Lipinski definition) is 5. The molecule has 0 radical (unpaired) electrons. The van der Waals surface area contributed by atoms with Crippen molar-refractivity contribution in [1.29, 1.82) is 0 Å². The summed E-state index contributed by atoms with van der Waals surface area (Å²) in [6, 6.07) is 5.56. The van der Waals surface area contributed by atoms with E-state index in [1.165, 1.54) is 40.0 Å². The van der Waals surface area contributed by atoms with Crippen molar-refractivity contribution in [2.24, 2.45) is 0 Å². The minimum absolute atomic E-state index is 0.00897. The summed E-state index contributed by atoms with van der Waals surface area (Å²) in [5.74, 6) is -3.53. The average molecular weight is 419 g/mol. The maximum Gasteiger partial charge on any atom is 0.272 e. The molecule has 8 nitrogen and oxygen atoms in total. The van der Waals surface area contributed by atoms with Crippen LogP contribution in [-0.2, 0) is 0 Å². The SMILES string of the molecule is O=c1ccc(-c2cnn(-c3ccc([N+](=O)[O-])cc3F)c2)nn1C1CCC(F)(F)CC1. The summed E-state index contributed by atoms with van der Waals surface area (Å²) in [6.07, 6.45) is 2.58. The zero-order valence-corrected chi connectivity index (χ0v) is 15.5. The molecule has 0 atom stereocenters. The average Bonchev–Trinajstić information content (AvgIpc) is 3.18. The number of hydrogen-bond donors (Lipinski definition) is 0. The molecule has 0 unspecified atom stereocenters. The fourth-order valence-electron chi connectivity index (χ4n) is 3.49. The molecule has 1 aliphatic rings. The molecule has 0 aliphatic heterocycles. The Bertz CT molecular complexity index is 1160. The highest BCUT2D eigenvalue weighted by molar-refractivity contribution is 5.57. The molecule has 0 spiro atoms. The highest BCUT2D eigenvalue weighted by atomic mass is 19.3. The van der Waals surface area contributed by atoms with Gasteiger partial charge in [-0.25, -0.2) is 22.5 Å². The van der Waals surface area contributed by atoms with E-state index in [1.54, 1.807) is 0 Å². The number of non-ortho nitro benzene ring substituents is 1. The topological polar surface area (TPSA) is 95.8 Å². The molecule has 4 rings (SSSR count). The summed E-state index contributed by atoms with van der Waals surface area (Å²) in [5.41, 5.74) is 0.0935. The van der Waals surface area contributed by atoms with Crippen molar-refractivity contribution in [3.8, 4) is 16.9 Å². The lowest BCUT2D eigenvalue weighted by Gasteiger charge is -2.28. The number of aromatic nitrogens is 4. The number of nitrogens with zero attached hydrogens (tertiary/aromatic N) is 5. The fraction of sp³-hybridized carbons (Fsp3) is 0.316. The van der Waals surface area contributed by atoms with E-state index in [9.17, 15) is 28.1 Å². The van der Waals surface area contributed by atoms with Crippen LogP contribution >= 0.6 is 0 Å². The Labute approximate surface area is 167 Å². The first-order valence-corrected chi connectivity index (χ1v) is 9.20. The van der Waals surface area contributed by atoms with Crippen LogP contribution in [-0.4, -0.2) is 30.4 Å². The maximum atomic E-state index is 14.2. The standard InChI is InChI=1S/C19H16F3N5O3/c20-15-9-14(27(29)30)1-3-17(15)25-11-12(10-23-25)16-2-4-18(28)26(24-16)13-5-7-19(21,22)8-6-13/h1-4,9-11,13H,5-8H2. The van der Waals surface area contributed by atoms with Crippen molar-refractivity contribution in [3.05, 3.63) is 69.0 Å². The Balaban J connectivity index is 1.63. The summed E-state index contributed by atoms with van der Waals surface area (Å²) in [6.45, 7) is 0. The lowest BCUT2D eigenvalue weighted by molar-refractivity contribution is -0.385. The normalized spacial score (nSPS) is 16.5. The predicted molar refractivity (Wildman–Crippen MR) is 100 cm³/mol. The quantitative estimate of drug-likeness (QED) is 0.472. The third-order valence-corrected chi connectivity index (χ3v) is 5.12. The van der Waals surface area contributed by atoms with Crippen molar-refractivity contribution >= 4 is 5.69 Å². The smallest absolute Gasteiger partial charge is 0.268 e. The molecular formula is C19H16F3N5O3. The van der Waals surface area contributed by atoms with Crippen LogP contribution in [0.3, 0.4) is 0 Å². The van der Waals surface area contributed by atoms with Crippen molar-refractivity contribution in [1.82, 2.24) is 19.6 Å². The molecule has 3 aromatic rings. The van der Waals surface area contributed by atoms with E-state index in [4.69, 9.17) is 0 Å². The van der Waals surface area contributed by atoms with Gasteiger partial charge in [0.2, 0.25) is 5.92 Å². The van der Waals surface area contributed by atoms with Crippen LogP contribution in [0.25, 0.3) is 16.9 Å². The molecule has 0 saturated heterocycles. The van der Waals surface area contributed by atoms with Gasteiger partial charge in [0.25, 0.3) is 11.2 Å². The molecule has 0 N–H and O–H groups in total. The van der Waals surface area contributed by atoms with Gasteiger partial charge in [0.05, 0.1) is 28.9 Å². The summed E-state index contributed by atoms with van der Waals surface area (Å²) < 4.78 is 43.5. The van der Waals surface area contributed by atoms with Crippen LogP contribution in [0.5, 0.6) is 0 Å². The Hall–Kier alpha value is -3.50. The van der Waals surface area contributed by atoms with Crippen LogP contribution in [0, 0.1) is 15.9 Å². The molecule has 0 amide bonds.